The first-order valence-electron chi connectivity index (χ1n) is 48.0. The Morgan fingerprint density at radius 3 is 0.850 bits per heavy atom. The molecular weight excluding hydrogens is 1750 g/mol. The molecule has 3 saturated heterocycles. The van der Waals surface area contributed by atoms with Crippen molar-refractivity contribution >= 4 is 59.1 Å². The summed E-state index contributed by atoms with van der Waals surface area (Å²) in [6.45, 7) is 7.13. The summed E-state index contributed by atoms with van der Waals surface area (Å²) in [5.74, 6) is -5.01. The highest BCUT2D eigenvalue weighted by Gasteiger charge is 2.48. The summed E-state index contributed by atoms with van der Waals surface area (Å²) < 4.78 is 83.7. The summed E-state index contributed by atoms with van der Waals surface area (Å²) in [5.41, 5.74) is 0. The van der Waals surface area contributed by atoms with Crippen LogP contribution in [0.2, 0.25) is 0 Å². The molecular formula is C89H164N10O34. The molecule has 0 spiro atoms. The van der Waals surface area contributed by atoms with Crippen molar-refractivity contribution in [3.8, 4) is 0 Å². The molecule has 3 rings (SSSR count). The fourth-order valence-corrected chi connectivity index (χ4v) is 14.6. The van der Waals surface area contributed by atoms with Crippen LogP contribution in [-0.2, 0) is 119 Å². The lowest BCUT2D eigenvalue weighted by Crippen LogP contribution is -2.64. The lowest BCUT2D eigenvalue weighted by Gasteiger charge is -2.42. The van der Waals surface area contributed by atoms with E-state index in [0.717, 1.165) is 51.4 Å². The minimum absolute atomic E-state index is 0.00525. The van der Waals surface area contributed by atoms with Crippen LogP contribution < -0.4 is 53.2 Å². The van der Waals surface area contributed by atoms with E-state index in [0.29, 0.717) is 51.6 Å². The van der Waals surface area contributed by atoms with Crippen molar-refractivity contribution < 1.29 is 165 Å². The van der Waals surface area contributed by atoms with Crippen LogP contribution in [0, 0.1) is 0 Å². The molecule has 133 heavy (non-hydrogen) atoms. The Bertz CT molecular complexity index is 3080. The number of rotatable bonds is 83. The van der Waals surface area contributed by atoms with Crippen molar-refractivity contribution in [3.05, 3.63) is 0 Å². The van der Waals surface area contributed by atoms with Crippen molar-refractivity contribution in [2.24, 2.45) is 0 Å². The van der Waals surface area contributed by atoms with Gasteiger partial charge in [0, 0.05) is 53.4 Å². The fraction of sp³-hybridized carbons (Fsp3) is 0.888. The van der Waals surface area contributed by atoms with Gasteiger partial charge in [0.1, 0.15) is 111 Å². The Morgan fingerprint density at radius 1 is 0.278 bits per heavy atom. The van der Waals surface area contributed by atoms with E-state index in [9.17, 15) is 93.9 Å². The molecule has 19 N–H and O–H groups in total. The summed E-state index contributed by atoms with van der Waals surface area (Å²) in [6.07, 6.45) is 7.01. The monoisotopic (exact) mass is 1920 g/mol. The van der Waals surface area contributed by atoms with Crippen LogP contribution in [0.25, 0.3) is 0 Å². The van der Waals surface area contributed by atoms with Gasteiger partial charge in [-0.3, -0.25) is 47.9 Å². The van der Waals surface area contributed by atoms with Crippen molar-refractivity contribution in [3.63, 3.8) is 0 Å². The Morgan fingerprint density at radius 2 is 0.534 bits per heavy atom. The predicted molar refractivity (Wildman–Crippen MR) is 480 cm³/mol. The van der Waals surface area contributed by atoms with Crippen LogP contribution in [-0.4, -0.2) is 400 Å². The van der Waals surface area contributed by atoms with Crippen LogP contribution in [0.1, 0.15) is 214 Å². The molecule has 0 aromatic carbocycles. The van der Waals surface area contributed by atoms with Crippen molar-refractivity contribution in [2.45, 2.75) is 324 Å². The topological polar surface area (TPSA) is 612 Å². The number of amides is 10. The molecule has 0 radical (unpaired) electrons. The Kier molecular flexibility index (Phi) is 70.6. The highest BCUT2D eigenvalue weighted by molar-refractivity contribution is 5.94. The zero-order valence-electron chi connectivity index (χ0n) is 79.2. The maximum Gasteiger partial charge on any atom is 0.246 e. The van der Waals surface area contributed by atoms with Gasteiger partial charge >= 0.3 is 0 Å². The third-order valence-corrected chi connectivity index (χ3v) is 21.9. The normalized spacial score (nSPS) is 22.5. The lowest BCUT2D eigenvalue weighted by atomic mass is 9.97. The fourth-order valence-electron chi connectivity index (χ4n) is 14.6. The highest BCUT2D eigenvalue weighted by Crippen LogP contribution is 2.26. The van der Waals surface area contributed by atoms with E-state index in [1.165, 1.54) is 78.6 Å². The molecule has 44 heteroatoms. The summed E-state index contributed by atoms with van der Waals surface area (Å²) >= 11 is 0. The molecule has 1 unspecified atom stereocenters. The molecule has 0 saturated carbocycles. The van der Waals surface area contributed by atoms with Gasteiger partial charge in [0.25, 0.3) is 0 Å². The number of aliphatic hydroxyl groups excluding tert-OH is 9. The largest absolute Gasteiger partial charge is 0.394 e. The Labute approximate surface area is 783 Å². The van der Waals surface area contributed by atoms with Crippen LogP contribution in [0.5, 0.6) is 0 Å². The van der Waals surface area contributed by atoms with E-state index < -0.39 is 190 Å². The summed E-state index contributed by atoms with van der Waals surface area (Å²) in [6, 6.07) is -6.95. The average Bonchev–Trinajstić information content (AvgIpc) is 0.820. The number of ether oxygens (including phenoxy) is 15. The minimum atomic E-state index is -1.49. The highest BCUT2D eigenvalue weighted by atomic mass is 16.7. The summed E-state index contributed by atoms with van der Waals surface area (Å²) in [5, 5.41) is 119. The SMILES string of the molecule is CCCCCCCCCCCCCCCC(=O)NCCCC[C@@H](NC(=O)C(CCCCNC(=O)COCCOCCOCCO[C@@H]1O[C@H](CO)[C@H](O)[C@H](O)[C@H]1NC(C)=O)NC(=O)[C@H](CCCCNC(=O)COCCOCCOCCO[C@@H]1O[C@H](CO)[C@H](O)[C@H](O)[C@H]1NC(C)=O)NC(=O)COCCOCCOCCO[C@@H]1O[C@H](CO)[C@H](O)[C@H](O)[C@H]1NC(C)=O)C(=O)NCCCCCCC. The van der Waals surface area contributed by atoms with E-state index >= 15 is 0 Å². The van der Waals surface area contributed by atoms with Crippen LogP contribution in [0.3, 0.4) is 0 Å². The van der Waals surface area contributed by atoms with Crippen LogP contribution >= 0.6 is 0 Å². The molecule has 0 bridgehead atoms. The molecule has 3 fully saturated rings. The second-order valence-electron chi connectivity index (χ2n) is 33.2. The van der Waals surface area contributed by atoms with Gasteiger partial charge in [-0.05, 0) is 70.6 Å². The third-order valence-electron chi connectivity index (χ3n) is 21.9. The van der Waals surface area contributed by atoms with E-state index in [4.69, 9.17) is 71.1 Å². The smallest absolute Gasteiger partial charge is 0.246 e. The number of carbonyl (C=O) groups is 10. The zero-order valence-corrected chi connectivity index (χ0v) is 79.2. The predicted octanol–water partition coefficient (Wildman–Crippen LogP) is -2.10. The second-order valence-corrected chi connectivity index (χ2v) is 33.2. The van der Waals surface area contributed by atoms with Crippen LogP contribution in [0.4, 0.5) is 0 Å². The van der Waals surface area contributed by atoms with Gasteiger partial charge < -0.3 is 170 Å². The molecule has 3 aliphatic heterocycles. The number of carbonyl (C=O) groups excluding carboxylic acids is 10. The van der Waals surface area contributed by atoms with Gasteiger partial charge in [-0.15, -0.1) is 0 Å². The first-order chi connectivity index (χ1) is 64.3. The third kappa shape index (κ3) is 56.4. The number of unbranched alkanes of at least 4 members (excludes halogenated alkanes) is 19. The van der Waals surface area contributed by atoms with E-state index in [1.54, 1.807) is 0 Å². The number of aliphatic hydroxyl groups is 9. The molecule has 10 amide bonds. The van der Waals surface area contributed by atoms with Crippen molar-refractivity contribution in [1.29, 1.82) is 0 Å². The van der Waals surface area contributed by atoms with E-state index in [1.807, 2.05) is 0 Å². The molecule has 0 aromatic rings. The second kappa shape index (κ2) is 77.6. The van der Waals surface area contributed by atoms with Crippen LogP contribution in [0.15, 0.2) is 0 Å². The van der Waals surface area contributed by atoms with Crippen molar-refractivity contribution in [1.82, 2.24) is 53.2 Å². The maximum absolute atomic E-state index is 14.8. The quantitative estimate of drug-likeness (QED) is 0.0290. The Balaban J connectivity index is 1.68. The number of hydrogen-bond acceptors (Lipinski definition) is 34. The van der Waals surface area contributed by atoms with E-state index in [2.05, 4.69) is 67.0 Å². The maximum atomic E-state index is 14.8. The molecule has 18 atom stereocenters. The van der Waals surface area contributed by atoms with Gasteiger partial charge in [-0.1, -0.05) is 117 Å². The average molecular weight is 1920 g/mol. The molecule has 3 heterocycles. The Hall–Kier alpha value is -6.26. The van der Waals surface area contributed by atoms with E-state index in [-0.39, 0.29) is 183 Å². The molecule has 3 aliphatic rings. The lowest BCUT2D eigenvalue weighted by molar-refractivity contribution is -0.272. The zero-order chi connectivity index (χ0) is 97.4. The van der Waals surface area contributed by atoms with Gasteiger partial charge in [-0.2, -0.15) is 0 Å². The first-order valence-corrected chi connectivity index (χ1v) is 48.0. The standard InChI is InChI=1S/C89H164N10O34/c1-6-8-10-12-13-14-15-16-17-18-19-20-22-33-71(106)90-34-27-23-30-65(84(116)93-37-26-21-11-9-7-2)98-86(118)67(32-25-29-36-92-73(108)60-126-48-45-120-39-42-123-51-54-129-88-76(95-63(4)104)82(114)79(111)69(57-101)132-88)99-85(117)66(97-74(109)61-127-49-46-121-40-43-124-52-55-130-89-77(96-64(5)105)83(115)80(112)70(58-102)133-89)31-24-28-35-91-72(107)59-125-47-44-119-38-41-122-50-53-128-87-75(94-62(3)103)81(113)78(110)68(56-100)131-87/h65-70,75-83,87-89,100-102,110-115H,6-61H2,1-5H3,(H,90,106)(H,91,107)(H,92,108)(H,93,116)(H,94,103)(H,95,104)(H,96,105)(H,97,109)(H,98,118)(H,99,117)/t65-,66+,67?,68-,69-,70-,75-,76-,77-,78+,79+,80+,81-,82-,83-,87-,88-,89-/m1/s1. The molecule has 0 aromatic heterocycles. The van der Waals surface area contributed by atoms with Gasteiger partial charge in [0.15, 0.2) is 18.9 Å². The minimum Gasteiger partial charge on any atom is -0.394 e. The van der Waals surface area contributed by atoms with Gasteiger partial charge in [0.2, 0.25) is 59.1 Å². The summed E-state index contributed by atoms with van der Waals surface area (Å²) in [4.78, 5) is 132. The first kappa shape index (κ1) is 121. The van der Waals surface area contributed by atoms with Crippen molar-refractivity contribution in [2.75, 3.05) is 185 Å². The molecule has 0 aliphatic carbocycles. The van der Waals surface area contributed by atoms with Gasteiger partial charge in [-0.25, -0.2) is 0 Å². The van der Waals surface area contributed by atoms with Gasteiger partial charge in [0.05, 0.1) is 139 Å². The summed E-state index contributed by atoms with van der Waals surface area (Å²) in [7, 11) is 0. The molecule has 44 nitrogen and oxygen atoms in total. The number of nitrogens with one attached hydrogen (secondary N) is 10. The number of hydrogen-bond donors (Lipinski definition) is 19. The molecule has 774 valence electrons.